The Kier molecular flexibility index (Phi) is 27.7. The highest BCUT2D eigenvalue weighted by Gasteiger charge is 2.00. The van der Waals surface area contributed by atoms with E-state index < -0.39 is 33.0 Å². The van der Waals surface area contributed by atoms with Crippen molar-refractivity contribution in [3.8, 4) is 0 Å². The third-order valence-electron chi connectivity index (χ3n) is 0. The van der Waals surface area contributed by atoms with E-state index in [4.69, 9.17) is 57.4 Å². The van der Waals surface area contributed by atoms with Crippen LogP contribution < -0.4 is 0 Å². The molecule has 0 aliphatic heterocycles. The van der Waals surface area contributed by atoms with Crippen LogP contribution in [0.4, 0.5) is 0 Å². The summed E-state index contributed by atoms with van der Waals surface area (Å²) in [6.45, 7) is 0. The average Bonchev–Trinajstić information content (AvgIpc) is 1.78. The minimum absolute atomic E-state index is 0.833. The van der Waals surface area contributed by atoms with E-state index in [1.54, 1.807) is 0 Å². The summed E-state index contributed by atoms with van der Waals surface area (Å²) >= 11 is 0. The Balaban J connectivity index is -0.0000000610. The highest BCUT2D eigenvalue weighted by Crippen LogP contribution is 2.25. The van der Waals surface area contributed by atoms with Gasteiger partial charge in [0.2, 0.25) is 0 Å². The predicted molar refractivity (Wildman–Crippen MR) is 48.2 cm³/mol. The fraction of sp³-hybridized carbons (Fsp3) is 0. The van der Waals surface area contributed by atoms with Crippen LogP contribution in [0.3, 0.4) is 0 Å². The van der Waals surface area contributed by atoms with Crippen molar-refractivity contribution in [2.75, 3.05) is 0 Å². The van der Waals surface area contributed by atoms with Gasteiger partial charge in [-0.25, -0.2) is 9.13 Å². The molecule has 0 saturated carbocycles. The molecule has 0 spiro atoms. The smallest absolute Gasteiger partial charge is 0.310 e. The maximum Gasteiger partial charge on any atom is 0.692 e. The second kappa shape index (κ2) is 17.6. The lowest BCUT2D eigenvalue weighted by atomic mass is 15.8. The molecule has 16 heavy (non-hydrogen) atoms. The van der Waals surface area contributed by atoms with Crippen LogP contribution in [0.25, 0.3) is 0 Å². The summed E-state index contributed by atoms with van der Waals surface area (Å²) in [5, 5.41) is 0. The molecule has 8 N–H and O–H groups in total. The molecule has 16 heteroatoms. The third-order valence-corrected chi connectivity index (χ3v) is 0. The molecule has 0 amide bonds. The maximum atomic E-state index is 8.88. The third kappa shape index (κ3) is 56200. The lowest BCUT2D eigenvalue weighted by Gasteiger charge is -1.82. The number of hydrogen-bond donors (Lipinski definition) is 8. The lowest BCUT2D eigenvalue weighted by molar-refractivity contribution is 0.275. The Morgan fingerprint density at radius 3 is 0.875 bits per heavy atom. The van der Waals surface area contributed by atoms with Gasteiger partial charge in [-0.3, -0.25) is 0 Å². The molecule has 0 atom stereocenters. The first-order valence-corrected chi connectivity index (χ1v) is 6.99. The zero-order valence-corrected chi connectivity index (χ0v) is 10.6. The molecular formula is H8O12P4+2. The summed E-state index contributed by atoms with van der Waals surface area (Å²) in [6.07, 6.45) is 0. The fourth-order valence-electron chi connectivity index (χ4n) is 0. The molecule has 0 aromatic rings. The van der Waals surface area contributed by atoms with Gasteiger partial charge in [-0.15, -0.1) is 19.6 Å². The molecule has 0 radical (unpaired) electrons. The van der Waals surface area contributed by atoms with Crippen LogP contribution in [0.2, 0.25) is 0 Å². The number of phosphoric acid groups is 1. The molecule has 98 valence electrons. The summed E-state index contributed by atoms with van der Waals surface area (Å²) in [4.78, 5) is 57.0. The van der Waals surface area contributed by atoms with E-state index in [-0.39, 0.29) is 0 Å². The summed E-state index contributed by atoms with van der Waals surface area (Å²) in [5.41, 5.74) is 0. The van der Waals surface area contributed by atoms with E-state index in [9.17, 15) is 0 Å². The van der Waals surface area contributed by atoms with E-state index >= 15 is 0 Å². The van der Waals surface area contributed by atoms with Crippen molar-refractivity contribution >= 4 is 33.0 Å². The van der Waals surface area contributed by atoms with Gasteiger partial charge in [-0.1, -0.05) is 0 Å². The van der Waals surface area contributed by atoms with Gasteiger partial charge in [0.1, 0.15) is 0 Å². The Morgan fingerprint density at radius 2 is 0.875 bits per heavy atom. The quantitative estimate of drug-likeness (QED) is 0.238. The van der Waals surface area contributed by atoms with Crippen LogP contribution in [0, 0.1) is 0 Å². The van der Waals surface area contributed by atoms with Gasteiger partial charge < -0.3 is 19.6 Å². The Labute approximate surface area is 91.3 Å². The molecule has 0 aromatic heterocycles. The lowest BCUT2D eigenvalue weighted by Crippen LogP contribution is -1.66. The molecule has 12 nitrogen and oxygen atoms in total. The summed E-state index contributed by atoms with van der Waals surface area (Å²) in [5.74, 6) is 0. The number of rotatable bonds is 0. The van der Waals surface area contributed by atoms with Crippen LogP contribution in [0.15, 0.2) is 0 Å². The minimum atomic E-state index is -4.64. The molecule has 0 unspecified atom stereocenters. The van der Waals surface area contributed by atoms with Crippen LogP contribution in [0.5, 0.6) is 0 Å². The van der Waals surface area contributed by atoms with Crippen LogP contribution in [-0.4, -0.2) is 39.1 Å². The first-order valence-electron chi connectivity index (χ1n) is 2.33. The van der Waals surface area contributed by atoms with Crippen molar-refractivity contribution in [3.63, 3.8) is 0 Å². The second-order valence-electron chi connectivity index (χ2n) is 1.10. The van der Waals surface area contributed by atoms with Gasteiger partial charge in [0.05, 0.1) is 0 Å². The van der Waals surface area contributed by atoms with E-state index in [2.05, 4.69) is 0 Å². The first-order chi connectivity index (χ1) is 6.88. The highest BCUT2D eigenvalue weighted by molar-refractivity contribution is 7.45. The monoisotopic (exact) mass is 324 g/mol. The molecule has 0 aliphatic rings. The molecule has 0 saturated heterocycles. The van der Waals surface area contributed by atoms with E-state index in [1.807, 2.05) is 0 Å². The Bertz CT molecular complexity index is 195. The summed E-state index contributed by atoms with van der Waals surface area (Å²) in [6, 6.07) is 0. The van der Waals surface area contributed by atoms with Crippen molar-refractivity contribution < 1.29 is 57.4 Å². The van der Waals surface area contributed by atoms with Crippen molar-refractivity contribution in [1.82, 2.24) is 0 Å². The molecule has 0 aromatic carbocycles. The van der Waals surface area contributed by atoms with Crippen LogP contribution in [-0.2, 0) is 18.3 Å². The van der Waals surface area contributed by atoms with E-state index in [0.29, 0.717) is 0 Å². The zero-order valence-electron chi connectivity index (χ0n) is 7.00. The zero-order chi connectivity index (χ0) is 14.4. The fourth-order valence-corrected chi connectivity index (χ4v) is 0. The molecule has 0 rings (SSSR count). The number of hydrogen-bond acceptors (Lipinski definition) is 4. The van der Waals surface area contributed by atoms with Crippen LogP contribution >= 0.6 is 33.0 Å². The second-order valence-corrected chi connectivity index (χ2v) is 3.30. The van der Waals surface area contributed by atoms with Gasteiger partial charge in [-0.05, 0) is 0 Å². The van der Waals surface area contributed by atoms with Crippen LogP contribution in [0.1, 0.15) is 0 Å². The van der Waals surface area contributed by atoms with Crippen molar-refractivity contribution in [2.24, 2.45) is 0 Å². The average molecular weight is 324 g/mol. The van der Waals surface area contributed by atoms with Gasteiger partial charge in [-0.2, -0.15) is 0 Å². The predicted octanol–water partition coefficient (Wildman–Crippen LogP) is -1.49. The van der Waals surface area contributed by atoms with Crippen molar-refractivity contribution in [2.45, 2.75) is 0 Å². The topological polar surface area (TPSA) is 230 Å². The Hall–Kier alpha value is 0.210. The molecular weight excluding hydrogens is 316 g/mol. The molecule has 0 heterocycles. The van der Waals surface area contributed by atoms with Crippen molar-refractivity contribution in [1.29, 1.82) is 0 Å². The standard InChI is InChI=1S/H3O4P.2HO3P.HO2P/c1-5(2,3)4;2*1-4(2)3;1-3-2/h(H3,1,2,3,4);2*(H-,1,2,3);(H,1,2)/p+2. The van der Waals surface area contributed by atoms with Gasteiger partial charge in [0.15, 0.2) is 0 Å². The SMILES string of the molecule is O=P(O)(O)O.O=PO.O=[P+](O)O.O=[P+](O)O. The molecule has 0 fully saturated rings. The Morgan fingerprint density at radius 1 is 0.875 bits per heavy atom. The van der Waals surface area contributed by atoms with Crippen molar-refractivity contribution in [3.05, 3.63) is 0 Å². The van der Waals surface area contributed by atoms with Gasteiger partial charge in [0.25, 0.3) is 0 Å². The minimum Gasteiger partial charge on any atom is -0.310 e. The largest absolute Gasteiger partial charge is 0.692 e. The van der Waals surface area contributed by atoms with E-state index in [1.165, 1.54) is 0 Å². The normalized spacial score (nSPS) is 8.25. The van der Waals surface area contributed by atoms with Gasteiger partial charge >= 0.3 is 33.0 Å². The maximum absolute atomic E-state index is 8.88. The van der Waals surface area contributed by atoms with Gasteiger partial charge in [0, 0.05) is 9.13 Å². The summed E-state index contributed by atoms with van der Waals surface area (Å²) in [7, 11) is -11.2. The van der Waals surface area contributed by atoms with E-state index in [0.717, 1.165) is 0 Å². The molecule has 0 aliphatic carbocycles. The molecule has 0 bridgehead atoms. The first kappa shape index (κ1) is 25.2. The highest BCUT2D eigenvalue weighted by atomic mass is 31.2. The summed E-state index contributed by atoms with van der Waals surface area (Å²) < 4.78 is 34.7.